The van der Waals surface area contributed by atoms with Crippen molar-refractivity contribution in [2.75, 3.05) is 26.9 Å². The number of rotatable bonds is 11. The van der Waals surface area contributed by atoms with Crippen LogP contribution >= 0.6 is 0 Å². The molecule has 0 aliphatic rings. The maximum Gasteiger partial charge on any atom is 0.125 e. The molecule has 0 spiro atoms. The van der Waals surface area contributed by atoms with Crippen LogP contribution in [0.25, 0.3) is 0 Å². The van der Waals surface area contributed by atoms with Gasteiger partial charge in [0.2, 0.25) is 0 Å². The van der Waals surface area contributed by atoms with Gasteiger partial charge in [-0.15, -0.1) is 0 Å². The summed E-state index contributed by atoms with van der Waals surface area (Å²) >= 11 is 0. The molecule has 0 aromatic heterocycles. The van der Waals surface area contributed by atoms with Crippen LogP contribution in [-0.2, 0) is 4.84 Å². The monoisotopic (exact) mass is 409 g/mol. The van der Waals surface area contributed by atoms with E-state index in [0.29, 0.717) is 19.8 Å². The maximum absolute atomic E-state index is 5.94. The Bertz CT molecular complexity index is 877. The van der Waals surface area contributed by atoms with E-state index < -0.39 is 0 Å². The molecule has 0 heterocycles. The van der Waals surface area contributed by atoms with E-state index in [4.69, 9.17) is 19.0 Å². The van der Waals surface area contributed by atoms with Crippen LogP contribution in [0.1, 0.15) is 30.5 Å². The average Bonchev–Trinajstić information content (AvgIpc) is 2.73. The van der Waals surface area contributed by atoms with Crippen molar-refractivity contribution >= 4 is 5.71 Å². The number of ether oxygens (including phenoxy) is 3. The minimum absolute atomic E-state index is 0.461. The third-order valence-electron chi connectivity index (χ3n) is 4.33. The van der Waals surface area contributed by atoms with Crippen molar-refractivity contribution in [3.05, 3.63) is 77.4 Å². The molecule has 0 aliphatic carbocycles. The molecule has 0 aliphatic heterocycles. The maximum atomic E-state index is 5.94. The highest BCUT2D eigenvalue weighted by Crippen LogP contribution is 2.28. The molecule has 2 aromatic rings. The molecule has 2 rings (SSSR count). The van der Waals surface area contributed by atoms with Crippen molar-refractivity contribution in [1.29, 1.82) is 0 Å². The molecule has 5 heteroatoms. The fourth-order valence-electron chi connectivity index (χ4n) is 2.87. The van der Waals surface area contributed by atoms with Crippen molar-refractivity contribution < 1.29 is 19.0 Å². The second-order valence-electron chi connectivity index (χ2n) is 6.75. The molecular formula is C25H31NO4. The van der Waals surface area contributed by atoms with Crippen LogP contribution in [0.3, 0.4) is 0 Å². The topological polar surface area (TPSA) is 49.3 Å². The summed E-state index contributed by atoms with van der Waals surface area (Å²) in [5.41, 5.74) is 3.88. The highest BCUT2D eigenvalue weighted by Gasteiger charge is 2.06. The summed E-state index contributed by atoms with van der Waals surface area (Å²) in [4.78, 5) is 4.82. The number of aryl methyl sites for hydroxylation is 2. The molecule has 0 N–H and O–H groups in total. The zero-order valence-electron chi connectivity index (χ0n) is 18.5. The summed E-state index contributed by atoms with van der Waals surface area (Å²) in [5, 5.41) is 3.94. The number of nitrogens with zero attached hydrogens (tertiary/aromatic N) is 1. The molecule has 2 aromatic carbocycles. The average molecular weight is 410 g/mol. The van der Waals surface area contributed by atoms with E-state index in [1.54, 1.807) is 0 Å². The fraction of sp³-hybridized carbons (Fsp3) is 0.320. The zero-order chi connectivity index (χ0) is 21.8. The molecule has 0 saturated carbocycles. The van der Waals surface area contributed by atoms with Gasteiger partial charge in [0, 0.05) is 5.56 Å². The van der Waals surface area contributed by atoms with E-state index >= 15 is 0 Å². The van der Waals surface area contributed by atoms with Gasteiger partial charge in [0.05, 0.1) is 5.71 Å². The van der Waals surface area contributed by atoms with E-state index in [2.05, 4.69) is 5.16 Å². The molecule has 0 bridgehead atoms. The lowest BCUT2D eigenvalue weighted by atomic mass is 10.1. The molecule has 0 saturated heterocycles. The van der Waals surface area contributed by atoms with Gasteiger partial charge in [-0.2, -0.15) is 0 Å². The Hall–Kier alpha value is -3.21. The Kier molecular flexibility index (Phi) is 9.52. The van der Waals surface area contributed by atoms with Gasteiger partial charge < -0.3 is 19.0 Å². The molecule has 0 fully saturated rings. The molecule has 30 heavy (non-hydrogen) atoms. The molecular weight excluding hydrogens is 378 g/mol. The molecule has 160 valence electrons. The Balaban J connectivity index is 1.83. The van der Waals surface area contributed by atoms with Gasteiger partial charge in [-0.3, -0.25) is 0 Å². The predicted octanol–water partition coefficient (Wildman–Crippen LogP) is 5.64. The van der Waals surface area contributed by atoms with E-state index in [1.165, 1.54) is 7.11 Å². The summed E-state index contributed by atoms with van der Waals surface area (Å²) in [5.74, 6) is 2.52. The van der Waals surface area contributed by atoms with Crippen LogP contribution in [0.5, 0.6) is 17.2 Å². The van der Waals surface area contributed by atoms with Crippen LogP contribution in [0.15, 0.2) is 65.9 Å². The normalized spacial score (nSPS) is 11.8. The molecule has 0 radical (unpaired) electrons. The summed E-state index contributed by atoms with van der Waals surface area (Å²) in [6.45, 7) is 9.43. The van der Waals surface area contributed by atoms with Gasteiger partial charge in [-0.1, -0.05) is 29.4 Å². The van der Waals surface area contributed by atoms with Gasteiger partial charge in [-0.25, -0.2) is 0 Å². The van der Waals surface area contributed by atoms with Crippen LogP contribution in [-0.4, -0.2) is 32.6 Å². The lowest BCUT2D eigenvalue weighted by Crippen LogP contribution is -2.01. The van der Waals surface area contributed by atoms with Crippen LogP contribution in [0.2, 0.25) is 0 Å². The van der Waals surface area contributed by atoms with Gasteiger partial charge in [0.15, 0.2) is 0 Å². The van der Waals surface area contributed by atoms with Crippen LogP contribution < -0.4 is 14.2 Å². The lowest BCUT2D eigenvalue weighted by Gasteiger charge is -2.13. The first-order chi connectivity index (χ1) is 14.5. The van der Waals surface area contributed by atoms with Gasteiger partial charge in [-0.05, 0) is 75.2 Å². The molecule has 0 amide bonds. The minimum Gasteiger partial charge on any atom is -0.490 e. The highest BCUT2D eigenvalue weighted by atomic mass is 16.6. The second kappa shape index (κ2) is 12.4. The first-order valence-corrected chi connectivity index (χ1v) is 9.99. The zero-order valence-corrected chi connectivity index (χ0v) is 18.5. The summed E-state index contributed by atoms with van der Waals surface area (Å²) in [6, 6.07) is 11.8. The number of hydrogen-bond donors (Lipinski definition) is 0. The SMILES string of the molecule is C/C=C/COc1cc(C)c(OC/C=C/COc2cccc(/C(C)=N\OC)c2)c(C)c1. The molecule has 5 nitrogen and oxygen atoms in total. The molecule has 0 atom stereocenters. The van der Waals surface area contributed by atoms with E-state index in [1.807, 2.05) is 88.4 Å². The predicted molar refractivity (Wildman–Crippen MR) is 122 cm³/mol. The van der Waals surface area contributed by atoms with Gasteiger partial charge in [0.1, 0.15) is 44.2 Å². The quantitative estimate of drug-likeness (QED) is 0.274. The van der Waals surface area contributed by atoms with Crippen molar-refractivity contribution in [3.63, 3.8) is 0 Å². The van der Waals surface area contributed by atoms with Crippen molar-refractivity contribution in [2.45, 2.75) is 27.7 Å². The highest BCUT2D eigenvalue weighted by molar-refractivity contribution is 5.98. The lowest BCUT2D eigenvalue weighted by molar-refractivity contribution is 0.213. The second-order valence-corrected chi connectivity index (χ2v) is 6.75. The van der Waals surface area contributed by atoms with E-state index in [9.17, 15) is 0 Å². The van der Waals surface area contributed by atoms with Crippen LogP contribution in [0.4, 0.5) is 0 Å². The number of benzene rings is 2. The largest absolute Gasteiger partial charge is 0.490 e. The first-order valence-electron chi connectivity index (χ1n) is 9.99. The van der Waals surface area contributed by atoms with Crippen molar-refractivity contribution in [1.82, 2.24) is 0 Å². The number of allylic oxidation sites excluding steroid dienone is 1. The van der Waals surface area contributed by atoms with Crippen molar-refractivity contribution in [3.8, 4) is 17.2 Å². The van der Waals surface area contributed by atoms with Gasteiger partial charge >= 0.3 is 0 Å². The minimum atomic E-state index is 0.461. The standard InChI is InChI=1S/C25H31NO4/c1-6-7-13-29-24-16-19(2)25(20(3)17-24)30-15-9-8-14-28-23-12-10-11-22(18-23)21(4)26-27-5/h6-12,16-18H,13-15H2,1-5H3/b7-6+,9-8+,26-21-. The van der Waals surface area contributed by atoms with Crippen LogP contribution in [0, 0.1) is 13.8 Å². The third-order valence-corrected chi connectivity index (χ3v) is 4.33. The Morgan fingerprint density at radius 1 is 0.867 bits per heavy atom. The Morgan fingerprint density at radius 3 is 2.17 bits per heavy atom. The van der Waals surface area contributed by atoms with E-state index in [-0.39, 0.29) is 0 Å². The number of oxime groups is 1. The Labute approximate surface area is 179 Å². The third kappa shape index (κ3) is 7.32. The summed E-state index contributed by atoms with van der Waals surface area (Å²) in [7, 11) is 1.53. The summed E-state index contributed by atoms with van der Waals surface area (Å²) in [6.07, 6.45) is 7.85. The number of hydrogen-bond acceptors (Lipinski definition) is 5. The summed E-state index contributed by atoms with van der Waals surface area (Å²) < 4.78 is 17.4. The van der Waals surface area contributed by atoms with Gasteiger partial charge in [0.25, 0.3) is 0 Å². The first kappa shape index (κ1) is 23.1. The Morgan fingerprint density at radius 2 is 1.50 bits per heavy atom. The smallest absolute Gasteiger partial charge is 0.125 e. The van der Waals surface area contributed by atoms with E-state index in [0.717, 1.165) is 39.7 Å². The fourth-order valence-corrected chi connectivity index (χ4v) is 2.87. The molecule has 0 unspecified atom stereocenters. The van der Waals surface area contributed by atoms with Crippen molar-refractivity contribution in [2.24, 2.45) is 5.16 Å².